The molecule has 0 aliphatic heterocycles. The van der Waals surface area contributed by atoms with Crippen molar-refractivity contribution in [2.45, 2.75) is 28.5 Å². The average molecular weight is 816 g/mol. The summed E-state index contributed by atoms with van der Waals surface area (Å²) in [5.41, 5.74) is -0.498. The van der Waals surface area contributed by atoms with Crippen LogP contribution in [0, 0.1) is 13.8 Å². The third-order valence-electron chi connectivity index (χ3n) is 6.60. The molecule has 23 heteroatoms. The van der Waals surface area contributed by atoms with Gasteiger partial charge in [-0.05, 0) is 73.3 Å². The molecule has 0 saturated heterocycles. The maximum atomic E-state index is 12.2. The van der Waals surface area contributed by atoms with Gasteiger partial charge >= 0.3 is 0 Å². The van der Waals surface area contributed by atoms with Gasteiger partial charge in [0, 0.05) is 28.1 Å². The maximum Gasteiger partial charge on any atom is 0.294 e. The number of hydrogen-bond donors (Lipinski definition) is 7. The van der Waals surface area contributed by atoms with Crippen LogP contribution in [0.2, 0.25) is 5.02 Å². The van der Waals surface area contributed by atoms with E-state index >= 15 is 0 Å². The molecule has 0 aliphatic carbocycles. The number of benzene rings is 4. The molecule has 0 spiro atoms. The van der Waals surface area contributed by atoms with Crippen molar-refractivity contribution in [3.63, 3.8) is 0 Å². The van der Waals surface area contributed by atoms with E-state index < -0.39 is 67.2 Å². The zero-order chi connectivity index (χ0) is 36.1. The standard InChI is InChI=1S/C27H22ClN7O11S3.Cu/c1-12-6-14-7-17(48(41,42)43)10-20(22(14)25(37)23(12)35-34-21-11-18(49(44,45)46)9-19(28)24(21)36)32-27-30-13(2)29-26(33-27)31-15-4-3-5-16(8-15)47(38,39)40;/h3-11,36-37H,1-2H3,(H,38,39,40)(H,41,42,43)(H,44,45,46)(H2,29,30,31,32,33);. The fourth-order valence-corrected chi connectivity index (χ4v) is 6.34. The third kappa shape index (κ3) is 8.43. The maximum absolute atomic E-state index is 12.2. The topological polar surface area (TPSA) is 291 Å². The largest absolute Gasteiger partial charge is 0.505 e. The Hall–Kier alpha value is -4.51. The summed E-state index contributed by atoms with van der Waals surface area (Å²) < 4.78 is 99.3. The predicted molar refractivity (Wildman–Crippen MR) is 175 cm³/mol. The van der Waals surface area contributed by atoms with Gasteiger partial charge in [0.2, 0.25) is 11.9 Å². The molecular weight excluding hydrogens is 794 g/mol. The molecule has 4 aromatic carbocycles. The van der Waals surface area contributed by atoms with E-state index in [0.717, 1.165) is 36.4 Å². The van der Waals surface area contributed by atoms with E-state index in [0.29, 0.717) is 0 Å². The number of aryl methyl sites for hydroxylation is 2. The number of hydrogen-bond acceptors (Lipinski definition) is 15. The summed E-state index contributed by atoms with van der Waals surface area (Å²) in [6.07, 6.45) is 0. The molecule has 0 bridgehead atoms. The van der Waals surface area contributed by atoms with Crippen LogP contribution in [0.15, 0.2) is 79.5 Å². The average Bonchev–Trinajstić information content (AvgIpc) is 2.97. The number of rotatable bonds is 9. The third-order valence-corrected chi connectivity index (χ3v) is 9.40. The number of anilines is 4. The quantitative estimate of drug-likeness (QED) is 0.0561. The number of aromatic nitrogens is 3. The smallest absolute Gasteiger partial charge is 0.294 e. The van der Waals surface area contributed by atoms with Gasteiger partial charge in [-0.1, -0.05) is 17.7 Å². The first-order chi connectivity index (χ1) is 22.7. The fourth-order valence-electron chi connectivity index (χ4n) is 4.46. The Labute approximate surface area is 299 Å². The van der Waals surface area contributed by atoms with Gasteiger partial charge in [-0.3, -0.25) is 13.7 Å². The second-order valence-corrected chi connectivity index (χ2v) is 14.8. The molecule has 1 aromatic heterocycles. The Morgan fingerprint density at radius 1 is 0.700 bits per heavy atom. The molecule has 0 aliphatic rings. The van der Waals surface area contributed by atoms with Gasteiger partial charge in [0.05, 0.1) is 25.4 Å². The molecule has 0 saturated carbocycles. The summed E-state index contributed by atoms with van der Waals surface area (Å²) in [6, 6.07) is 10.1. The number of aromatic hydroxyl groups is 2. The van der Waals surface area contributed by atoms with Gasteiger partial charge in [0.15, 0.2) is 11.5 Å². The molecule has 0 amide bonds. The van der Waals surface area contributed by atoms with Crippen LogP contribution < -0.4 is 10.6 Å². The van der Waals surface area contributed by atoms with Crippen LogP contribution in [0.1, 0.15) is 11.4 Å². The van der Waals surface area contributed by atoms with Crippen LogP contribution in [0.25, 0.3) is 10.8 Å². The van der Waals surface area contributed by atoms with Gasteiger partial charge in [0.25, 0.3) is 30.4 Å². The number of nitrogens with one attached hydrogen (secondary N) is 2. The summed E-state index contributed by atoms with van der Waals surface area (Å²) in [4.78, 5) is 10.8. The molecular formula is C27H22ClCuN7O11S3. The SMILES string of the molecule is Cc1nc(Nc2cccc(S(=O)(=O)O)c2)nc(Nc2cc(S(=O)(=O)O)cc3cc(C)c(N=Nc4cc(S(=O)(=O)O)cc(Cl)c4O)c(O)c23)n1.[Cu]. The number of phenols is 2. The zero-order valence-corrected chi connectivity index (χ0v) is 29.2. The Balaban J connectivity index is 0.00000562. The Kier molecular flexibility index (Phi) is 10.7. The van der Waals surface area contributed by atoms with Crippen LogP contribution in [0.5, 0.6) is 11.5 Å². The molecule has 0 unspecified atom stereocenters. The van der Waals surface area contributed by atoms with E-state index in [1.165, 1.54) is 32.0 Å². The summed E-state index contributed by atoms with van der Waals surface area (Å²) in [6.45, 7) is 2.95. The molecule has 50 heavy (non-hydrogen) atoms. The monoisotopic (exact) mass is 814 g/mol. The van der Waals surface area contributed by atoms with E-state index in [1.807, 2.05) is 0 Å². The predicted octanol–water partition coefficient (Wildman–Crippen LogP) is 5.35. The molecule has 7 N–H and O–H groups in total. The van der Waals surface area contributed by atoms with E-state index in [2.05, 4.69) is 35.8 Å². The van der Waals surface area contributed by atoms with Crippen molar-refractivity contribution in [3.05, 3.63) is 71.0 Å². The summed E-state index contributed by atoms with van der Waals surface area (Å²) in [5.74, 6) is -1.47. The van der Waals surface area contributed by atoms with E-state index in [9.17, 15) is 49.1 Å². The van der Waals surface area contributed by atoms with Crippen molar-refractivity contribution in [3.8, 4) is 11.5 Å². The van der Waals surface area contributed by atoms with Crippen molar-refractivity contribution in [2.24, 2.45) is 10.2 Å². The molecule has 267 valence electrons. The molecule has 1 radical (unpaired) electrons. The van der Waals surface area contributed by atoms with Crippen molar-refractivity contribution in [1.29, 1.82) is 0 Å². The molecule has 5 aromatic rings. The van der Waals surface area contributed by atoms with Crippen molar-refractivity contribution >= 4 is 87.4 Å². The van der Waals surface area contributed by atoms with Crippen LogP contribution >= 0.6 is 11.6 Å². The van der Waals surface area contributed by atoms with Crippen molar-refractivity contribution < 1.29 is 66.2 Å². The van der Waals surface area contributed by atoms with E-state index in [-0.39, 0.29) is 68.2 Å². The molecule has 1 heterocycles. The van der Waals surface area contributed by atoms with Crippen LogP contribution in [-0.4, -0.2) is 64.1 Å². The summed E-state index contributed by atoms with van der Waals surface area (Å²) >= 11 is 5.88. The minimum atomic E-state index is -4.80. The van der Waals surface area contributed by atoms with Crippen molar-refractivity contribution in [2.75, 3.05) is 10.6 Å². The molecule has 18 nitrogen and oxygen atoms in total. The summed E-state index contributed by atoms with van der Waals surface area (Å²) in [5, 5.41) is 34.5. The Bertz CT molecular complexity index is 2560. The number of nitrogens with zero attached hydrogens (tertiary/aromatic N) is 5. The van der Waals surface area contributed by atoms with E-state index in [1.54, 1.807) is 0 Å². The Morgan fingerprint density at radius 3 is 1.92 bits per heavy atom. The second-order valence-electron chi connectivity index (χ2n) is 10.2. The Morgan fingerprint density at radius 2 is 1.30 bits per heavy atom. The zero-order valence-electron chi connectivity index (χ0n) is 25.0. The number of fused-ring (bicyclic) bond motifs is 1. The first-order valence-corrected chi connectivity index (χ1v) is 17.9. The van der Waals surface area contributed by atoms with Crippen LogP contribution in [-0.2, 0) is 47.4 Å². The fraction of sp³-hybridized carbons (Fsp3) is 0.0741. The minimum Gasteiger partial charge on any atom is -0.505 e. The van der Waals surface area contributed by atoms with E-state index in [4.69, 9.17) is 11.6 Å². The van der Waals surface area contributed by atoms with Crippen molar-refractivity contribution in [1.82, 2.24) is 15.0 Å². The molecule has 5 rings (SSSR count). The number of azo groups is 1. The summed E-state index contributed by atoms with van der Waals surface area (Å²) in [7, 11) is -14.1. The first-order valence-electron chi connectivity index (χ1n) is 13.2. The van der Waals surface area contributed by atoms with Crippen LogP contribution in [0.4, 0.5) is 34.6 Å². The van der Waals surface area contributed by atoms with Gasteiger partial charge < -0.3 is 20.8 Å². The normalized spacial score (nSPS) is 12.2. The van der Waals surface area contributed by atoms with Crippen LogP contribution in [0.3, 0.4) is 0 Å². The van der Waals surface area contributed by atoms with Gasteiger partial charge in [-0.15, -0.1) is 10.2 Å². The number of phenolic OH excluding ortho intramolecular Hbond substituents is 2. The molecule has 0 atom stereocenters. The van der Waals surface area contributed by atoms with Gasteiger partial charge in [-0.2, -0.15) is 40.2 Å². The minimum absolute atomic E-state index is 0. The number of halogens is 1. The van der Waals surface area contributed by atoms with Gasteiger partial charge in [0.1, 0.15) is 17.2 Å². The molecule has 0 fully saturated rings. The van der Waals surface area contributed by atoms with Gasteiger partial charge in [-0.25, -0.2) is 0 Å². The second kappa shape index (κ2) is 14.0. The first kappa shape index (κ1) is 38.3.